The van der Waals surface area contributed by atoms with Crippen molar-refractivity contribution in [1.29, 1.82) is 0 Å². The van der Waals surface area contributed by atoms with Gasteiger partial charge >= 0.3 is 0 Å². The van der Waals surface area contributed by atoms with Gasteiger partial charge in [-0.2, -0.15) is 4.31 Å². The van der Waals surface area contributed by atoms with Gasteiger partial charge in [0.05, 0.1) is 11.5 Å². The highest BCUT2D eigenvalue weighted by atomic mass is 35.5. The van der Waals surface area contributed by atoms with Gasteiger partial charge in [0, 0.05) is 18.1 Å². The zero-order valence-corrected chi connectivity index (χ0v) is 14.3. The van der Waals surface area contributed by atoms with Gasteiger partial charge < -0.3 is 10.0 Å². The molecular weight excluding hydrogens is 312 g/mol. The molecule has 0 spiro atoms. The van der Waals surface area contributed by atoms with Crippen LogP contribution in [0.3, 0.4) is 0 Å². The first kappa shape index (κ1) is 18.4. The van der Waals surface area contributed by atoms with E-state index in [1.165, 1.54) is 16.4 Å². The highest BCUT2D eigenvalue weighted by Crippen LogP contribution is 2.23. The van der Waals surface area contributed by atoms with E-state index in [0.29, 0.717) is 18.7 Å². The molecule has 0 fully saturated rings. The molecule has 0 unspecified atom stereocenters. The summed E-state index contributed by atoms with van der Waals surface area (Å²) in [7, 11) is 0.365. The van der Waals surface area contributed by atoms with Gasteiger partial charge in [-0.05, 0) is 44.8 Å². The summed E-state index contributed by atoms with van der Waals surface area (Å²) in [6.07, 6.45) is 0.766. The Kier molecular flexibility index (Phi) is 7.09. The monoisotopic (exact) mass is 334 g/mol. The van der Waals surface area contributed by atoms with Crippen LogP contribution < -0.4 is 0 Å². The second-order valence-electron chi connectivity index (χ2n) is 5.06. The molecule has 7 heteroatoms. The first-order chi connectivity index (χ1) is 9.82. The zero-order valence-electron chi connectivity index (χ0n) is 12.7. The summed E-state index contributed by atoms with van der Waals surface area (Å²) in [5, 5.41) is 9.35. The minimum atomic E-state index is -3.55. The number of benzene rings is 1. The molecule has 0 heterocycles. The summed E-state index contributed by atoms with van der Waals surface area (Å²) in [6, 6.07) is 4.43. The van der Waals surface area contributed by atoms with Crippen LogP contribution in [-0.4, -0.2) is 56.5 Å². The number of hydrogen-bond acceptors (Lipinski definition) is 4. The summed E-state index contributed by atoms with van der Waals surface area (Å²) in [5.74, 6) is 0. The Bertz CT molecular complexity index is 561. The lowest BCUT2D eigenvalue weighted by Gasteiger charge is -2.21. The topological polar surface area (TPSA) is 60.9 Å². The van der Waals surface area contributed by atoms with E-state index in [1.54, 1.807) is 6.07 Å². The van der Waals surface area contributed by atoms with Crippen molar-refractivity contribution >= 4 is 21.6 Å². The van der Waals surface area contributed by atoms with Gasteiger partial charge in [-0.15, -0.1) is 0 Å². The fraction of sp³-hybridized carbons (Fsp3) is 0.571. The summed E-state index contributed by atoms with van der Waals surface area (Å²) >= 11 is 5.98. The SMILES string of the molecule is CCN(CCCN(C)C)S(=O)(=O)c1ccc(CO)c(Cl)c1. The molecule has 21 heavy (non-hydrogen) atoms. The second-order valence-corrected chi connectivity index (χ2v) is 7.41. The van der Waals surface area contributed by atoms with Gasteiger partial charge in [0.15, 0.2) is 0 Å². The largest absolute Gasteiger partial charge is 0.392 e. The van der Waals surface area contributed by atoms with Gasteiger partial charge in [0.1, 0.15) is 0 Å². The minimum Gasteiger partial charge on any atom is -0.392 e. The van der Waals surface area contributed by atoms with Crippen molar-refractivity contribution in [3.8, 4) is 0 Å². The van der Waals surface area contributed by atoms with E-state index in [-0.39, 0.29) is 16.5 Å². The fourth-order valence-corrected chi connectivity index (χ4v) is 3.80. The van der Waals surface area contributed by atoms with Crippen molar-refractivity contribution in [3.63, 3.8) is 0 Å². The van der Waals surface area contributed by atoms with Gasteiger partial charge in [-0.1, -0.05) is 24.6 Å². The predicted molar refractivity (Wildman–Crippen MR) is 85.0 cm³/mol. The van der Waals surface area contributed by atoms with Crippen molar-refractivity contribution in [1.82, 2.24) is 9.21 Å². The number of aliphatic hydroxyl groups is 1. The highest BCUT2D eigenvalue weighted by Gasteiger charge is 2.23. The van der Waals surface area contributed by atoms with Crippen LogP contribution in [-0.2, 0) is 16.6 Å². The first-order valence-corrected chi connectivity index (χ1v) is 8.69. The normalized spacial score (nSPS) is 12.3. The molecule has 0 aliphatic heterocycles. The fourth-order valence-electron chi connectivity index (χ4n) is 1.98. The molecule has 0 aliphatic rings. The Morgan fingerprint density at radius 2 is 1.90 bits per heavy atom. The number of rotatable bonds is 8. The summed E-state index contributed by atoms with van der Waals surface area (Å²) < 4.78 is 26.6. The average Bonchev–Trinajstić information content (AvgIpc) is 2.42. The van der Waals surface area contributed by atoms with Crippen molar-refractivity contribution < 1.29 is 13.5 Å². The summed E-state index contributed by atoms with van der Waals surface area (Å²) in [6.45, 7) is 3.32. The first-order valence-electron chi connectivity index (χ1n) is 6.87. The van der Waals surface area contributed by atoms with E-state index in [1.807, 2.05) is 25.9 Å². The lowest BCUT2D eigenvalue weighted by Crippen LogP contribution is -2.33. The smallest absolute Gasteiger partial charge is 0.243 e. The van der Waals surface area contributed by atoms with E-state index < -0.39 is 10.0 Å². The molecule has 1 aromatic rings. The standard InChI is InChI=1S/C14H23ClN2O3S/c1-4-17(9-5-8-16(2)3)21(19,20)13-7-6-12(11-18)14(15)10-13/h6-7,10,18H,4-5,8-9,11H2,1-3H3. The zero-order chi connectivity index (χ0) is 16.0. The highest BCUT2D eigenvalue weighted by molar-refractivity contribution is 7.89. The molecule has 0 aromatic heterocycles. The molecule has 5 nitrogen and oxygen atoms in total. The third kappa shape index (κ3) is 4.93. The Labute approximate surface area is 132 Å². The maximum absolute atomic E-state index is 12.6. The Morgan fingerprint density at radius 1 is 1.24 bits per heavy atom. The molecule has 1 N–H and O–H groups in total. The minimum absolute atomic E-state index is 0.163. The number of hydrogen-bond donors (Lipinski definition) is 1. The molecule has 0 radical (unpaired) electrons. The van der Waals surface area contributed by atoms with Crippen LogP contribution in [0.15, 0.2) is 23.1 Å². The Hall–Kier alpha value is -0.660. The maximum atomic E-state index is 12.6. The van der Waals surface area contributed by atoms with E-state index in [9.17, 15) is 8.42 Å². The van der Waals surface area contributed by atoms with E-state index >= 15 is 0 Å². The molecule has 0 atom stereocenters. The molecule has 120 valence electrons. The van der Waals surface area contributed by atoms with Crippen molar-refractivity contribution in [3.05, 3.63) is 28.8 Å². The molecule has 0 bridgehead atoms. The van der Waals surface area contributed by atoms with Crippen LogP contribution >= 0.6 is 11.6 Å². The molecule has 1 aromatic carbocycles. The second kappa shape index (κ2) is 8.10. The van der Waals surface area contributed by atoms with Crippen molar-refractivity contribution in [2.45, 2.75) is 24.8 Å². The lowest BCUT2D eigenvalue weighted by atomic mass is 10.2. The van der Waals surface area contributed by atoms with Crippen LogP contribution in [0.5, 0.6) is 0 Å². The molecule has 0 saturated heterocycles. The molecular formula is C14H23ClN2O3S. The van der Waals surface area contributed by atoms with Crippen LogP contribution in [0.25, 0.3) is 0 Å². The van der Waals surface area contributed by atoms with E-state index in [2.05, 4.69) is 0 Å². The predicted octanol–water partition coefficient (Wildman–Crippen LogP) is 1.79. The van der Waals surface area contributed by atoms with Gasteiger partial charge in [-0.25, -0.2) is 8.42 Å². The number of sulfonamides is 1. The molecule has 0 saturated carbocycles. The summed E-state index contributed by atoms with van der Waals surface area (Å²) in [5.41, 5.74) is 0.520. The molecule has 0 amide bonds. The van der Waals surface area contributed by atoms with Gasteiger partial charge in [-0.3, -0.25) is 0 Å². The molecule has 1 rings (SSSR count). The van der Waals surface area contributed by atoms with Crippen LogP contribution in [0.1, 0.15) is 18.9 Å². The van der Waals surface area contributed by atoms with E-state index in [0.717, 1.165) is 13.0 Å². The van der Waals surface area contributed by atoms with Gasteiger partial charge in [0.2, 0.25) is 10.0 Å². The quantitative estimate of drug-likeness (QED) is 0.787. The third-order valence-electron chi connectivity index (χ3n) is 3.20. The average molecular weight is 335 g/mol. The molecule has 0 aliphatic carbocycles. The summed E-state index contributed by atoms with van der Waals surface area (Å²) in [4.78, 5) is 2.18. The Morgan fingerprint density at radius 3 is 2.38 bits per heavy atom. The number of nitrogens with zero attached hydrogens (tertiary/aromatic N) is 2. The van der Waals surface area contributed by atoms with Crippen LogP contribution in [0.4, 0.5) is 0 Å². The van der Waals surface area contributed by atoms with Crippen LogP contribution in [0.2, 0.25) is 5.02 Å². The Balaban J connectivity index is 2.93. The van der Waals surface area contributed by atoms with Crippen molar-refractivity contribution in [2.75, 3.05) is 33.7 Å². The van der Waals surface area contributed by atoms with Crippen molar-refractivity contribution in [2.24, 2.45) is 0 Å². The number of halogens is 1. The maximum Gasteiger partial charge on any atom is 0.243 e. The lowest BCUT2D eigenvalue weighted by molar-refractivity contribution is 0.282. The third-order valence-corrected chi connectivity index (χ3v) is 5.52. The van der Waals surface area contributed by atoms with Gasteiger partial charge in [0.25, 0.3) is 0 Å². The number of aliphatic hydroxyl groups excluding tert-OH is 1. The van der Waals surface area contributed by atoms with Crippen LogP contribution in [0, 0.1) is 0 Å². The van der Waals surface area contributed by atoms with E-state index in [4.69, 9.17) is 16.7 Å².